The summed E-state index contributed by atoms with van der Waals surface area (Å²) in [7, 11) is 5.11. The van der Waals surface area contributed by atoms with E-state index in [2.05, 4.69) is 26.0 Å². The van der Waals surface area contributed by atoms with Crippen molar-refractivity contribution in [1.29, 1.82) is 0 Å². The van der Waals surface area contributed by atoms with E-state index in [9.17, 15) is 43.2 Å². The second-order valence-electron chi connectivity index (χ2n) is 30.9. The zero-order chi connectivity index (χ0) is 85.9. The van der Waals surface area contributed by atoms with Crippen molar-refractivity contribution in [3.8, 4) is 5.75 Å². The number of nitrogens with one attached hydrogen (secondary N) is 1. The molecule has 6 aliphatic heterocycles. The van der Waals surface area contributed by atoms with Crippen LogP contribution in [0.3, 0.4) is 0 Å². The summed E-state index contributed by atoms with van der Waals surface area (Å²) in [4.78, 5) is 111. The van der Waals surface area contributed by atoms with Gasteiger partial charge in [-0.1, -0.05) is 103 Å². The van der Waals surface area contributed by atoms with Gasteiger partial charge in [0, 0.05) is 63.8 Å². The summed E-state index contributed by atoms with van der Waals surface area (Å²) in [5.41, 5.74) is 5.36. The SMILES string of the molecule is CC.CC(C)(C)OC(=O)N1CC=C(B2OC(C)(C)C(C)(C)O2)CC1.COC(=O)c1cc(Cl)ccc1Br.COC(=O)c1cc(Cl)ccc1C1=CCN(C(=O)OC(C)(C)C)CC1.COC(=O)c1cc(Cl)ccc1C1CCN(C(=O)OC(C)(C)C)CC1.COC(=O)c1cc(Cl)ccc1C1CCNCC1.O=CCN1C(=O)COc2ccccc21. The Kier molecular flexibility index (Phi) is 38.0. The molecule has 4 amide bonds. The van der Waals surface area contributed by atoms with Crippen molar-refractivity contribution in [3.05, 3.63) is 178 Å². The van der Waals surface area contributed by atoms with E-state index >= 15 is 0 Å². The molecule has 1 N–H and O–H groups in total. The van der Waals surface area contributed by atoms with Gasteiger partial charge in [-0.3, -0.25) is 9.69 Å². The van der Waals surface area contributed by atoms with Crippen LogP contribution in [0, 0.1) is 0 Å². The number of aldehydes is 1. The Morgan fingerprint density at radius 3 is 1.39 bits per heavy atom. The Bertz CT molecular complexity index is 4220. The zero-order valence-corrected chi connectivity index (χ0v) is 74.1. The number of hydrogen-bond donors (Lipinski definition) is 1. The largest absolute Gasteiger partial charge is 0.490 e. The molecule has 3 saturated heterocycles. The van der Waals surface area contributed by atoms with Gasteiger partial charge >= 0.3 is 49.3 Å². The van der Waals surface area contributed by atoms with Crippen LogP contribution < -0.4 is 15.0 Å². The number of nitrogens with zero attached hydrogens (tertiary/aromatic N) is 4. The number of rotatable bonds is 10. The second kappa shape index (κ2) is 44.9. The van der Waals surface area contributed by atoms with Crippen molar-refractivity contribution in [2.75, 3.05) is 98.8 Å². The monoisotopic (exact) mass is 1740 g/mol. The van der Waals surface area contributed by atoms with E-state index in [0.717, 1.165) is 72.9 Å². The highest BCUT2D eigenvalue weighted by Gasteiger charge is 2.52. The van der Waals surface area contributed by atoms with Crippen LogP contribution in [0.2, 0.25) is 20.1 Å². The van der Waals surface area contributed by atoms with Crippen LogP contribution >= 0.6 is 62.3 Å². The van der Waals surface area contributed by atoms with Gasteiger partial charge in [-0.15, -0.1) is 0 Å². The van der Waals surface area contributed by atoms with Crippen molar-refractivity contribution >= 4 is 135 Å². The highest BCUT2D eigenvalue weighted by Crippen LogP contribution is 2.41. The fourth-order valence-electron chi connectivity index (χ4n) is 12.2. The lowest BCUT2D eigenvalue weighted by Gasteiger charge is -2.34. The van der Waals surface area contributed by atoms with Gasteiger partial charge in [0.2, 0.25) is 0 Å². The number of benzene rings is 5. The minimum Gasteiger partial charge on any atom is -0.482 e. The van der Waals surface area contributed by atoms with Crippen LogP contribution in [0.1, 0.15) is 212 Å². The summed E-state index contributed by atoms with van der Waals surface area (Å²) >= 11 is 26.8. The Hall–Kier alpha value is -8.21. The van der Waals surface area contributed by atoms with Crippen molar-refractivity contribution in [2.45, 2.75) is 182 Å². The third-order valence-corrected chi connectivity index (χ3v) is 20.3. The van der Waals surface area contributed by atoms with Gasteiger partial charge in [0.1, 0.15) is 28.8 Å². The van der Waals surface area contributed by atoms with E-state index in [0.29, 0.717) is 116 Å². The number of ether oxygens (including phenoxy) is 8. The molecule has 5 aromatic rings. The molecule has 0 aromatic heterocycles. The summed E-state index contributed by atoms with van der Waals surface area (Å²) in [5, 5.41) is 5.38. The zero-order valence-electron chi connectivity index (χ0n) is 69.5. The summed E-state index contributed by atoms with van der Waals surface area (Å²) in [6.45, 7) is 34.3. The third kappa shape index (κ3) is 30.0. The number of carbonyl (C=O) groups is 9. The average molecular weight is 1740 g/mol. The minimum absolute atomic E-state index is 0.00481. The van der Waals surface area contributed by atoms with Crippen LogP contribution in [0.15, 0.2) is 119 Å². The maximum absolute atomic E-state index is 12.1. The lowest BCUT2D eigenvalue weighted by molar-refractivity contribution is -0.122. The fraction of sp³-hybridized carbons (Fsp3) is 0.494. The average Bonchev–Trinajstić information content (AvgIpc) is 1.62. The number of methoxy groups -OCH3 is 4. The number of piperidine rings is 2. The molecule has 11 rings (SSSR count). The first-order valence-corrected chi connectivity index (χ1v) is 40.3. The first kappa shape index (κ1) is 97.4. The molecule has 0 saturated carbocycles. The summed E-state index contributed by atoms with van der Waals surface area (Å²) in [5.74, 6) is -0.446. The molecule has 0 atom stereocenters. The van der Waals surface area contributed by atoms with Crippen molar-refractivity contribution in [2.24, 2.45) is 0 Å². The van der Waals surface area contributed by atoms with Gasteiger partial charge in [-0.25, -0.2) is 33.6 Å². The quantitative estimate of drug-likeness (QED) is 0.0589. The lowest BCUT2D eigenvalue weighted by atomic mass is 9.75. The van der Waals surface area contributed by atoms with Gasteiger partial charge in [-0.2, -0.15) is 0 Å². The van der Waals surface area contributed by atoms with Gasteiger partial charge in [0.05, 0.1) is 74.1 Å². The maximum atomic E-state index is 12.1. The van der Waals surface area contributed by atoms with Crippen LogP contribution in [0.25, 0.3) is 5.57 Å². The van der Waals surface area contributed by atoms with Gasteiger partial charge in [0.25, 0.3) is 5.91 Å². The number of para-hydroxylation sites is 2. The van der Waals surface area contributed by atoms with Crippen LogP contribution in [-0.4, -0.2) is 198 Å². The van der Waals surface area contributed by atoms with E-state index in [1.807, 2.05) is 146 Å². The van der Waals surface area contributed by atoms with Gasteiger partial charge < -0.3 is 72.0 Å². The van der Waals surface area contributed by atoms with E-state index in [1.165, 1.54) is 33.3 Å². The standard InChI is InChI=1S/C18H24ClNO4.C18H22ClNO4.C16H28BNO4.C13H16ClNO2.C10H9NO3.C8H6BrClO2.C2H6/c2*1-18(2,3)24-17(22)20-9-7-12(8-10-20)14-6-5-13(19)11-15(14)16(21)23-4;1-14(2,3)20-13(19)18-10-8-12(9-11-18)17-21-15(4,5)16(6,7)22-17;1-17-13(16)12-8-10(14)2-3-11(12)9-4-6-15-7-5-9;12-6-5-11-8-3-1-2-4-9(8)14-7-10(11)13;1-12-8(11)6-4-5(10)2-3-7(6)9;1-2/h5-6,11-12H,7-10H2,1-4H3;5-7,11H,8-10H2,1-4H3;8H,9-11H2,1-7H3;2-3,8-9,15H,4-7H2,1H3;1-4,6H,5,7H2;2-4H,1H3;1-2H3. The number of hydrogen-bond acceptors (Lipinski definition) is 20. The lowest BCUT2D eigenvalue weighted by Crippen LogP contribution is -2.41. The van der Waals surface area contributed by atoms with E-state index in [-0.39, 0.29) is 73.5 Å². The number of anilines is 1. The molecule has 0 spiro atoms. The molecule has 0 aliphatic carbocycles. The molecule has 0 unspecified atom stereocenters. The second-order valence-corrected chi connectivity index (χ2v) is 33.5. The topological polar surface area (TPSA) is 271 Å². The molecule has 3 fully saturated rings. The van der Waals surface area contributed by atoms with E-state index in [4.69, 9.17) is 88.9 Å². The number of esters is 4. The molecule has 115 heavy (non-hydrogen) atoms. The predicted octanol–water partition coefficient (Wildman–Crippen LogP) is 18.7. The van der Waals surface area contributed by atoms with Crippen molar-refractivity contribution in [1.82, 2.24) is 20.0 Å². The van der Waals surface area contributed by atoms with Gasteiger partial charge in [0.15, 0.2) is 6.61 Å². The molecular weight excluding hydrogens is 1630 g/mol. The molecule has 0 bridgehead atoms. The Morgan fingerprint density at radius 2 is 0.948 bits per heavy atom. The fourth-order valence-corrected chi connectivity index (χ4v) is 13.3. The maximum Gasteiger partial charge on any atom is 0.490 e. The Morgan fingerprint density at radius 1 is 0.539 bits per heavy atom. The molecular formula is C85H111BBrCl4N5O19. The minimum atomic E-state index is -0.519. The summed E-state index contributed by atoms with van der Waals surface area (Å²) < 4.78 is 53.2. The van der Waals surface area contributed by atoms with Crippen LogP contribution in [0.5, 0.6) is 5.75 Å². The van der Waals surface area contributed by atoms with Crippen LogP contribution in [-0.2, 0) is 52.1 Å². The Labute approximate surface area is 706 Å². The predicted molar refractivity (Wildman–Crippen MR) is 452 cm³/mol. The van der Waals surface area contributed by atoms with Crippen molar-refractivity contribution < 1.29 is 90.4 Å². The molecule has 30 heteroatoms. The van der Waals surface area contributed by atoms with Crippen molar-refractivity contribution in [3.63, 3.8) is 0 Å². The third-order valence-electron chi connectivity index (χ3n) is 18.7. The van der Waals surface area contributed by atoms with Crippen LogP contribution in [0.4, 0.5) is 20.1 Å². The number of amides is 4. The number of likely N-dealkylation sites (tertiary alicyclic amines) is 1. The molecule has 24 nitrogen and oxygen atoms in total. The first-order valence-electron chi connectivity index (χ1n) is 38.0. The highest BCUT2D eigenvalue weighted by molar-refractivity contribution is 9.10. The highest BCUT2D eigenvalue weighted by atomic mass is 79.9. The van der Waals surface area contributed by atoms with Gasteiger partial charge in [-0.05, 0) is 264 Å². The normalized spacial score (nSPS) is 16.4. The number of fused-ring (bicyclic) bond motifs is 1. The first-order chi connectivity index (χ1) is 54.0. The molecule has 5 aromatic carbocycles. The number of carbonyl (C=O) groups excluding carboxylic acids is 9. The van der Waals surface area contributed by atoms with E-state index in [1.54, 1.807) is 81.4 Å². The molecule has 628 valence electrons. The summed E-state index contributed by atoms with van der Waals surface area (Å²) in [6.07, 6.45) is 8.79. The molecule has 6 heterocycles. The molecule has 6 aliphatic rings. The number of halogens is 5. The molecule has 0 radical (unpaired) electrons. The smallest absolute Gasteiger partial charge is 0.482 e. The summed E-state index contributed by atoms with van der Waals surface area (Å²) in [6, 6.07) is 28.1. The van der Waals surface area contributed by atoms with E-state index < -0.39 is 28.7 Å². The Balaban J connectivity index is 0.000000249.